The Morgan fingerprint density at radius 2 is 1.56 bits per heavy atom. The van der Waals surface area contributed by atoms with Gasteiger partial charge in [-0.25, -0.2) is 0 Å². The van der Waals surface area contributed by atoms with Crippen molar-refractivity contribution in [1.82, 2.24) is 4.98 Å². The highest BCUT2D eigenvalue weighted by molar-refractivity contribution is 7.23. The molecule has 2 heterocycles. The maximum atomic E-state index is 11.7. The molecule has 0 bridgehead atoms. The van der Waals surface area contributed by atoms with Crippen molar-refractivity contribution in [2.24, 2.45) is 0 Å². The number of hydrogen-bond donors (Lipinski definition) is 1. The number of nitrogens with zero attached hydrogens (tertiary/aromatic N) is 1. The molecule has 0 aliphatic rings. The highest BCUT2D eigenvalue weighted by atomic mass is 32.1. The van der Waals surface area contributed by atoms with E-state index in [2.05, 4.69) is 11.1 Å². The number of para-hydroxylation sites is 1. The lowest BCUT2D eigenvalue weighted by Gasteiger charge is -1.99. The zero-order chi connectivity index (χ0) is 17.0. The topological polar surface area (TPSA) is 58.9 Å². The van der Waals surface area contributed by atoms with E-state index < -0.39 is 0 Å². The summed E-state index contributed by atoms with van der Waals surface area (Å²) in [5.41, 5.74) is 3.12. The van der Waals surface area contributed by atoms with E-state index in [4.69, 9.17) is 0 Å². The molecule has 0 unspecified atom stereocenters. The number of H-pyrrole nitrogens is 1. The normalized spacial score (nSPS) is 11.5. The second-order valence-corrected chi connectivity index (χ2v) is 7.02. The molecule has 5 heteroatoms. The van der Waals surface area contributed by atoms with Gasteiger partial charge in [0.2, 0.25) is 0 Å². The van der Waals surface area contributed by atoms with Crippen molar-refractivity contribution in [2.45, 2.75) is 0 Å². The molecule has 0 radical (unpaired) electrons. The molecule has 0 saturated carbocycles. The Morgan fingerprint density at radius 1 is 0.840 bits per heavy atom. The van der Waals surface area contributed by atoms with Gasteiger partial charge in [-0.3, -0.25) is 10.1 Å². The SMILES string of the molecule is O=[N+]([O-])c1c(-c2ccc3c(c2)[nH]c2ccccc23)sc2ccccc12. The fourth-order valence-electron chi connectivity index (χ4n) is 3.40. The van der Waals surface area contributed by atoms with Crippen LogP contribution in [0.5, 0.6) is 0 Å². The second kappa shape index (κ2) is 5.16. The van der Waals surface area contributed by atoms with Crippen LogP contribution in [-0.4, -0.2) is 9.91 Å². The molecule has 0 aliphatic carbocycles. The minimum Gasteiger partial charge on any atom is -0.354 e. The molecule has 0 amide bonds. The first kappa shape index (κ1) is 14.2. The standard InChI is InChI=1S/C20H12N2O2S/c23-22(24)19-15-6-2-4-8-18(15)25-20(19)12-9-10-14-13-5-1-3-7-16(13)21-17(14)11-12/h1-11,21H. The molecule has 0 saturated heterocycles. The highest BCUT2D eigenvalue weighted by Crippen LogP contribution is 2.44. The molecule has 25 heavy (non-hydrogen) atoms. The van der Waals surface area contributed by atoms with Gasteiger partial charge >= 0.3 is 0 Å². The Balaban J connectivity index is 1.81. The van der Waals surface area contributed by atoms with Crippen LogP contribution in [0.2, 0.25) is 0 Å². The van der Waals surface area contributed by atoms with Gasteiger partial charge in [0.05, 0.1) is 10.3 Å². The van der Waals surface area contributed by atoms with Crippen LogP contribution in [0.15, 0.2) is 66.7 Å². The summed E-state index contributed by atoms with van der Waals surface area (Å²) < 4.78 is 0.931. The quantitative estimate of drug-likeness (QED) is 0.310. The van der Waals surface area contributed by atoms with E-state index in [-0.39, 0.29) is 10.6 Å². The fraction of sp³-hybridized carbons (Fsp3) is 0. The van der Waals surface area contributed by atoms with Gasteiger partial charge in [-0.05, 0) is 24.3 Å². The third kappa shape index (κ3) is 2.06. The van der Waals surface area contributed by atoms with Crippen molar-refractivity contribution in [3.63, 3.8) is 0 Å². The predicted molar refractivity (Wildman–Crippen MR) is 103 cm³/mol. The Labute approximate surface area is 146 Å². The van der Waals surface area contributed by atoms with Crippen molar-refractivity contribution < 1.29 is 4.92 Å². The van der Waals surface area contributed by atoms with Crippen LogP contribution in [0.4, 0.5) is 5.69 Å². The highest BCUT2D eigenvalue weighted by Gasteiger charge is 2.23. The Morgan fingerprint density at radius 3 is 2.40 bits per heavy atom. The second-order valence-electron chi connectivity index (χ2n) is 5.96. The molecular formula is C20H12N2O2S. The summed E-state index contributed by atoms with van der Waals surface area (Å²) in [4.78, 5) is 15.5. The first-order valence-electron chi connectivity index (χ1n) is 7.89. The Kier molecular flexibility index (Phi) is 2.93. The first-order valence-corrected chi connectivity index (χ1v) is 8.71. The Hall–Kier alpha value is -3.18. The smallest absolute Gasteiger partial charge is 0.295 e. The molecule has 0 atom stereocenters. The van der Waals surface area contributed by atoms with Gasteiger partial charge in [0.25, 0.3) is 5.69 Å². The lowest BCUT2D eigenvalue weighted by atomic mass is 10.1. The van der Waals surface area contributed by atoms with Crippen LogP contribution >= 0.6 is 11.3 Å². The van der Waals surface area contributed by atoms with Gasteiger partial charge in [-0.15, -0.1) is 11.3 Å². The number of rotatable bonds is 2. The van der Waals surface area contributed by atoms with Gasteiger partial charge in [0.15, 0.2) is 0 Å². The van der Waals surface area contributed by atoms with E-state index in [0.29, 0.717) is 10.3 Å². The summed E-state index contributed by atoms with van der Waals surface area (Å²) in [5.74, 6) is 0. The zero-order valence-corrected chi connectivity index (χ0v) is 13.8. The molecule has 4 nitrogen and oxygen atoms in total. The van der Waals surface area contributed by atoms with Gasteiger partial charge in [0.1, 0.15) is 4.88 Å². The lowest BCUT2D eigenvalue weighted by molar-refractivity contribution is -0.382. The van der Waals surface area contributed by atoms with Crippen LogP contribution in [0.1, 0.15) is 0 Å². The molecule has 0 spiro atoms. The Bertz CT molecular complexity index is 1280. The van der Waals surface area contributed by atoms with Crippen LogP contribution in [0.25, 0.3) is 42.3 Å². The van der Waals surface area contributed by atoms with Gasteiger partial charge in [-0.1, -0.05) is 42.5 Å². The van der Waals surface area contributed by atoms with E-state index in [1.54, 1.807) is 0 Å². The third-order valence-corrected chi connectivity index (χ3v) is 5.73. The van der Waals surface area contributed by atoms with Crippen LogP contribution in [0, 0.1) is 10.1 Å². The maximum absolute atomic E-state index is 11.7. The molecule has 0 fully saturated rings. The summed E-state index contributed by atoms with van der Waals surface area (Å²) in [6.07, 6.45) is 0. The van der Waals surface area contributed by atoms with E-state index in [1.807, 2.05) is 60.7 Å². The van der Waals surface area contributed by atoms with Crippen molar-refractivity contribution >= 4 is 48.9 Å². The number of aromatic amines is 1. The van der Waals surface area contributed by atoms with Crippen molar-refractivity contribution in [3.05, 3.63) is 76.8 Å². The number of nitrogens with one attached hydrogen (secondary N) is 1. The number of thiophene rings is 1. The van der Waals surface area contributed by atoms with Crippen molar-refractivity contribution in [2.75, 3.05) is 0 Å². The zero-order valence-electron chi connectivity index (χ0n) is 13.0. The van der Waals surface area contributed by atoms with Gasteiger partial charge in [-0.2, -0.15) is 0 Å². The number of hydrogen-bond acceptors (Lipinski definition) is 3. The van der Waals surface area contributed by atoms with E-state index in [9.17, 15) is 10.1 Å². The first-order chi connectivity index (χ1) is 12.2. The summed E-state index contributed by atoms with van der Waals surface area (Å²) in [5, 5.41) is 14.7. The fourth-order valence-corrected chi connectivity index (χ4v) is 4.57. The monoisotopic (exact) mass is 344 g/mol. The summed E-state index contributed by atoms with van der Waals surface area (Å²) in [7, 11) is 0. The molecule has 5 aromatic rings. The molecular weight excluding hydrogens is 332 g/mol. The largest absolute Gasteiger partial charge is 0.354 e. The van der Waals surface area contributed by atoms with Gasteiger partial charge < -0.3 is 4.98 Å². The van der Waals surface area contributed by atoms with Crippen molar-refractivity contribution in [3.8, 4) is 10.4 Å². The lowest BCUT2D eigenvalue weighted by Crippen LogP contribution is -1.88. The van der Waals surface area contributed by atoms with Crippen LogP contribution in [-0.2, 0) is 0 Å². The van der Waals surface area contributed by atoms with Crippen LogP contribution in [0.3, 0.4) is 0 Å². The molecule has 3 aromatic carbocycles. The van der Waals surface area contributed by atoms with E-state index in [1.165, 1.54) is 11.3 Å². The molecule has 120 valence electrons. The number of benzene rings is 3. The average molecular weight is 344 g/mol. The minimum absolute atomic E-state index is 0.191. The number of fused-ring (bicyclic) bond motifs is 4. The molecule has 2 aromatic heterocycles. The third-order valence-electron chi connectivity index (χ3n) is 4.52. The molecule has 1 N–H and O–H groups in total. The summed E-state index contributed by atoms with van der Waals surface area (Å²) in [6, 6.07) is 21.6. The summed E-state index contributed by atoms with van der Waals surface area (Å²) in [6.45, 7) is 0. The average Bonchev–Trinajstić information content (AvgIpc) is 3.19. The number of aromatic nitrogens is 1. The molecule has 5 rings (SSSR count). The molecule has 0 aliphatic heterocycles. The van der Waals surface area contributed by atoms with Crippen molar-refractivity contribution in [1.29, 1.82) is 0 Å². The summed E-state index contributed by atoms with van der Waals surface area (Å²) >= 11 is 1.47. The van der Waals surface area contributed by atoms with Gasteiger partial charge in [0, 0.05) is 32.1 Å². The van der Waals surface area contributed by atoms with E-state index >= 15 is 0 Å². The predicted octanol–water partition coefficient (Wildman–Crippen LogP) is 6.11. The van der Waals surface area contributed by atoms with Crippen LogP contribution < -0.4 is 0 Å². The van der Waals surface area contributed by atoms with E-state index in [0.717, 1.165) is 32.1 Å². The minimum atomic E-state index is -0.274. The number of nitro groups is 1. The maximum Gasteiger partial charge on any atom is 0.295 e.